The lowest BCUT2D eigenvalue weighted by molar-refractivity contribution is -0.119. The molecule has 0 radical (unpaired) electrons. The molecule has 0 saturated heterocycles. The number of carbonyl (C=O) groups is 1. The largest absolute Gasteiger partial charge is 0.312 e. The maximum atomic E-state index is 12.8. The maximum absolute atomic E-state index is 12.8. The summed E-state index contributed by atoms with van der Waals surface area (Å²) in [6.45, 7) is 0.722. The number of amides is 1. The number of halogens is 1. The number of nitrogens with zero attached hydrogens (tertiary/aromatic N) is 2. The molecule has 1 aliphatic heterocycles. The zero-order chi connectivity index (χ0) is 18.3. The van der Waals surface area contributed by atoms with Crippen molar-refractivity contribution in [2.45, 2.75) is 30.7 Å². The van der Waals surface area contributed by atoms with Crippen LogP contribution in [-0.2, 0) is 27.8 Å². The van der Waals surface area contributed by atoms with Gasteiger partial charge < -0.3 is 4.90 Å². The second-order valence-electron chi connectivity index (χ2n) is 6.57. The Kier molecular flexibility index (Phi) is 4.58. The van der Waals surface area contributed by atoms with E-state index in [1.807, 2.05) is 12.1 Å². The number of sulfonamides is 1. The first kappa shape index (κ1) is 17.6. The fourth-order valence-corrected chi connectivity index (χ4v) is 5.23. The SMILES string of the molecule is O=C(C1CC1)N1CCc2cc(Br)c(S(=O)(=O)NCc3ccccn3)cc21. The summed E-state index contributed by atoms with van der Waals surface area (Å²) in [5.74, 6) is 0.211. The molecule has 8 heteroatoms. The molecule has 0 atom stereocenters. The van der Waals surface area contributed by atoms with Gasteiger partial charge in [0.25, 0.3) is 0 Å². The number of hydrogen-bond acceptors (Lipinski definition) is 4. The van der Waals surface area contributed by atoms with Crippen LogP contribution in [0.2, 0.25) is 0 Å². The van der Waals surface area contributed by atoms with E-state index in [-0.39, 0.29) is 23.3 Å². The number of rotatable bonds is 5. The van der Waals surface area contributed by atoms with Gasteiger partial charge in [0.2, 0.25) is 15.9 Å². The summed E-state index contributed by atoms with van der Waals surface area (Å²) in [7, 11) is -3.74. The van der Waals surface area contributed by atoms with Crippen molar-refractivity contribution in [1.29, 1.82) is 0 Å². The predicted molar refractivity (Wildman–Crippen MR) is 101 cm³/mol. The van der Waals surface area contributed by atoms with Gasteiger partial charge in [0, 0.05) is 28.8 Å². The summed E-state index contributed by atoms with van der Waals surface area (Å²) >= 11 is 3.37. The lowest BCUT2D eigenvalue weighted by atomic mass is 10.2. The van der Waals surface area contributed by atoms with E-state index >= 15 is 0 Å². The molecule has 136 valence electrons. The molecular formula is C18H18BrN3O3S. The molecule has 1 amide bonds. The molecule has 1 aromatic carbocycles. The highest BCUT2D eigenvalue weighted by molar-refractivity contribution is 9.10. The first-order valence-corrected chi connectivity index (χ1v) is 10.8. The fraction of sp³-hybridized carbons (Fsp3) is 0.333. The summed E-state index contributed by atoms with van der Waals surface area (Å²) in [5.41, 5.74) is 2.34. The minimum Gasteiger partial charge on any atom is -0.312 e. The van der Waals surface area contributed by atoms with Gasteiger partial charge in [0.1, 0.15) is 0 Å². The van der Waals surface area contributed by atoms with E-state index < -0.39 is 10.0 Å². The highest BCUT2D eigenvalue weighted by Gasteiger charge is 2.37. The number of carbonyl (C=O) groups excluding carboxylic acids is 1. The number of anilines is 1. The van der Waals surface area contributed by atoms with Gasteiger partial charge in [-0.15, -0.1) is 0 Å². The number of hydrogen-bond donors (Lipinski definition) is 1. The van der Waals surface area contributed by atoms with Crippen LogP contribution in [0.25, 0.3) is 0 Å². The lowest BCUT2D eigenvalue weighted by Gasteiger charge is -2.18. The van der Waals surface area contributed by atoms with Crippen molar-refractivity contribution in [1.82, 2.24) is 9.71 Å². The Hall–Kier alpha value is -1.77. The molecule has 1 N–H and O–H groups in total. The van der Waals surface area contributed by atoms with Gasteiger partial charge in [-0.2, -0.15) is 0 Å². The molecule has 2 aliphatic rings. The predicted octanol–water partition coefficient (Wildman–Crippen LogP) is 2.62. The van der Waals surface area contributed by atoms with Crippen LogP contribution in [0, 0.1) is 5.92 Å². The Morgan fingerprint density at radius 1 is 1.31 bits per heavy atom. The molecule has 26 heavy (non-hydrogen) atoms. The van der Waals surface area contributed by atoms with Crippen molar-refractivity contribution in [3.63, 3.8) is 0 Å². The van der Waals surface area contributed by atoms with Crippen molar-refractivity contribution in [3.05, 3.63) is 52.3 Å². The van der Waals surface area contributed by atoms with Crippen LogP contribution in [0.5, 0.6) is 0 Å². The topological polar surface area (TPSA) is 79.4 Å². The summed E-state index contributed by atoms with van der Waals surface area (Å²) in [4.78, 5) is 18.5. The van der Waals surface area contributed by atoms with Crippen molar-refractivity contribution in [3.8, 4) is 0 Å². The molecule has 0 spiro atoms. The zero-order valence-electron chi connectivity index (χ0n) is 14.0. The third kappa shape index (κ3) is 3.41. The third-order valence-corrected chi connectivity index (χ3v) is 7.04. The van der Waals surface area contributed by atoms with E-state index in [1.54, 1.807) is 29.3 Å². The quantitative estimate of drug-likeness (QED) is 0.782. The Morgan fingerprint density at radius 3 is 2.81 bits per heavy atom. The molecule has 2 heterocycles. The molecule has 1 aromatic heterocycles. The average Bonchev–Trinajstić information content (AvgIpc) is 3.40. The van der Waals surface area contributed by atoms with Gasteiger partial charge in [0.05, 0.1) is 17.1 Å². The smallest absolute Gasteiger partial charge is 0.242 e. The molecule has 0 unspecified atom stereocenters. The van der Waals surface area contributed by atoms with Gasteiger partial charge >= 0.3 is 0 Å². The van der Waals surface area contributed by atoms with E-state index in [1.165, 1.54) is 0 Å². The van der Waals surface area contributed by atoms with Crippen molar-refractivity contribution in [2.24, 2.45) is 5.92 Å². The molecule has 6 nitrogen and oxygen atoms in total. The van der Waals surface area contributed by atoms with Crippen LogP contribution in [0.1, 0.15) is 24.1 Å². The van der Waals surface area contributed by atoms with E-state index in [0.717, 1.165) is 24.8 Å². The second kappa shape index (κ2) is 6.75. The van der Waals surface area contributed by atoms with Crippen LogP contribution in [-0.4, -0.2) is 25.9 Å². The monoisotopic (exact) mass is 435 g/mol. The zero-order valence-corrected chi connectivity index (χ0v) is 16.4. The fourth-order valence-electron chi connectivity index (χ4n) is 3.12. The Labute approximate surface area is 160 Å². The van der Waals surface area contributed by atoms with E-state index in [0.29, 0.717) is 22.4 Å². The molecule has 4 rings (SSSR count). The van der Waals surface area contributed by atoms with Crippen LogP contribution >= 0.6 is 15.9 Å². The first-order chi connectivity index (χ1) is 12.5. The maximum Gasteiger partial charge on any atom is 0.242 e. The van der Waals surface area contributed by atoms with Gasteiger partial charge in [-0.05, 0) is 65.0 Å². The number of fused-ring (bicyclic) bond motifs is 1. The summed E-state index contributed by atoms with van der Waals surface area (Å²) in [6.07, 6.45) is 4.22. The molecule has 2 aromatic rings. The molecular weight excluding hydrogens is 418 g/mol. The van der Waals surface area contributed by atoms with E-state index in [2.05, 4.69) is 25.6 Å². The highest BCUT2D eigenvalue weighted by atomic mass is 79.9. The number of benzene rings is 1. The standard InChI is InChI=1S/C18H18BrN3O3S/c19-15-9-13-6-8-22(18(23)12-4-5-12)16(13)10-17(15)26(24,25)21-11-14-3-1-2-7-20-14/h1-3,7,9-10,12,21H,4-6,8,11H2. The molecule has 0 bridgehead atoms. The summed E-state index contributed by atoms with van der Waals surface area (Å²) in [6, 6.07) is 8.76. The van der Waals surface area contributed by atoms with Crippen LogP contribution < -0.4 is 9.62 Å². The van der Waals surface area contributed by atoms with Crippen molar-refractivity contribution in [2.75, 3.05) is 11.4 Å². The normalized spacial score (nSPS) is 16.6. The number of nitrogens with one attached hydrogen (secondary N) is 1. The number of pyridine rings is 1. The van der Waals surface area contributed by atoms with Gasteiger partial charge in [-0.25, -0.2) is 13.1 Å². The second-order valence-corrected chi connectivity index (χ2v) is 9.16. The third-order valence-electron chi connectivity index (χ3n) is 4.68. The molecule has 1 saturated carbocycles. The Balaban J connectivity index is 1.62. The summed E-state index contributed by atoms with van der Waals surface area (Å²) in [5, 5.41) is 0. The Morgan fingerprint density at radius 2 is 2.12 bits per heavy atom. The summed E-state index contributed by atoms with van der Waals surface area (Å²) < 4.78 is 28.6. The van der Waals surface area contributed by atoms with E-state index in [9.17, 15) is 13.2 Å². The van der Waals surface area contributed by atoms with Crippen LogP contribution in [0.15, 0.2) is 45.9 Å². The van der Waals surface area contributed by atoms with Crippen molar-refractivity contribution < 1.29 is 13.2 Å². The molecule has 1 fully saturated rings. The highest BCUT2D eigenvalue weighted by Crippen LogP contribution is 2.39. The first-order valence-electron chi connectivity index (χ1n) is 8.49. The van der Waals surface area contributed by atoms with Crippen LogP contribution in [0.4, 0.5) is 5.69 Å². The lowest BCUT2D eigenvalue weighted by Crippen LogP contribution is -2.30. The van der Waals surface area contributed by atoms with Gasteiger partial charge in [-0.1, -0.05) is 6.07 Å². The van der Waals surface area contributed by atoms with Gasteiger partial charge in [-0.3, -0.25) is 9.78 Å². The van der Waals surface area contributed by atoms with Gasteiger partial charge in [0.15, 0.2) is 0 Å². The minimum absolute atomic E-state index is 0.104. The minimum atomic E-state index is -3.74. The molecule has 1 aliphatic carbocycles. The van der Waals surface area contributed by atoms with E-state index in [4.69, 9.17) is 0 Å². The number of aromatic nitrogens is 1. The Bertz CT molecular complexity index is 959. The van der Waals surface area contributed by atoms with Crippen molar-refractivity contribution >= 4 is 37.5 Å². The van der Waals surface area contributed by atoms with Crippen LogP contribution in [0.3, 0.4) is 0 Å². The average molecular weight is 436 g/mol.